The Balaban J connectivity index is 2.07. The summed E-state index contributed by atoms with van der Waals surface area (Å²) >= 11 is 0. The van der Waals surface area contributed by atoms with Crippen LogP contribution in [0.3, 0.4) is 0 Å². The van der Waals surface area contributed by atoms with Crippen LogP contribution >= 0.6 is 0 Å². The fraction of sp³-hybridized carbons (Fsp3) is 0.522. The molecule has 1 aromatic heterocycles. The van der Waals surface area contributed by atoms with Crippen LogP contribution in [0.25, 0.3) is 0 Å². The zero-order valence-corrected chi connectivity index (χ0v) is 19.2. The van der Waals surface area contributed by atoms with Gasteiger partial charge in [0.15, 0.2) is 0 Å². The number of hydrogen-bond donors (Lipinski definition) is 2. The van der Waals surface area contributed by atoms with Crippen molar-refractivity contribution >= 4 is 24.1 Å². The second kappa shape index (κ2) is 12.0. The average molecular weight is 444 g/mol. The van der Waals surface area contributed by atoms with E-state index in [9.17, 15) is 19.2 Å². The van der Waals surface area contributed by atoms with Gasteiger partial charge in [0.1, 0.15) is 6.04 Å². The smallest absolute Gasteiger partial charge is 0.249 e. The summed E-state index contributed by atoms with van der Waals surface area (Å²) in [6.45, 7) is 6.43. The molecule has 2 atom stereocenters. The molecule has 0 aliphatic carbocycles. The first-order valence-electron chi connectivity index (χ1n) is 10.8. The Bertz CT molecular complexity index is 840. The molecule has 174 valence electrons. The van der Waals surface area contributed by atoms with Gasteiger partial charge in [0.2, 0.25) is 24.1 Å². The van der Waals surface area contributed by atoms with Gasteiger partial charge >= 0.3 is 0 Å². The highest BCUT2D eigenvalue weighted by molar-refractivity contribution is 5.97. The number of likely N-dealkylation sites (N-methyl/N-ethyl adjacent to an activating group) is 1. The predicted molar refractivity (Wildman–Crippen MR) is 120 cm³/mol. The first kappa shape index (κ1) is 25.0. The molecule has 0 saturated carbocycles. The van der Waals surface area contributed by atoms with Crippen molar-refractivity contribution in [3.05, 3.63) is 41.7 Å². The molecule has 1 aliphatic heterocycles. The molecule has 32 heavy (non-hydrogen) atoms. The van der Waals surface area contributed by atoms with Crippen molar-refractivity contribution in [2.75, 3.05) is 20.1 Å². The minimum atomic E-state index is -0.513. The lowest BCUT2D eigenvalue weighted by Gasteiger charge is -2.30. The molecule has 4 amide bonds. The van der Waals surface area contributed by atoms with Crippen LogP contribution in [0, 0.1) is 5.92 Å². The number of nitrogens with zero attached hydrogens (tertiary/aromatic N) is 3. The van der Waals surface area contributed by atoms with Crippen molar-refractivity contribution < 1.29 is 19.2 Å². The van der Waals surface area contributed by atoms with Crippen molar-refractivity contribution in [1.82, 2.24) is 25.4 Å². The summed E-state index contributed by atoms with van der Waals surface area (Å²) in [7, 11) is 1.65. The van der Waals surface area contributed by atoms with E-state index >= 15 is 0 Å². The molecule has 2 N–H and O–H groups in total. The van der Waals surface area contributed by atoms with E-state index in [0.717, 1.165) is 12.0 Å². The maximum absolute atomic E-state index is 13.2. The predicted octanol–water partition coefficient (Wildman–Crippen LogP) is 0.864. The van der Waals surface area contributed by atoms with Gasteiger partial charge in [0, 0.05) is 38.1 Å². The largest absolute Gasteiger partial charge is 0.350 e. The molecule has 2 rings (SSSR count). The van der Waals surface area contributed by atoms with Crippen molar-refractivity contribution in [3.63, 3.8) is 0 Å². The average Bonchev–Trinajstić information content (AvgIpc) is 3.28. The van der Waals surface area contributed by atoms with Crippen LogP contribution in [0.5, 0.6) is 0 Å². The molecule has 1 saturated heterocycles. The second-order valence-corrected chi connectivity index (χ2v) is 8.32. The summed E-state index contributed by atoms with van der Waals surface area (Å²) in [5, 5.41) is 5.28. The Morgan fingerprint density at radius 3 is 2.59 bits per heavy atom. The third-order valence-corrected chi connectivity index (χ3v) is 5.65. The van der Waals surface area contributed by atoms with E-state index in [-0.39, 0.29) is 36.2 Å². The Hall–Kier alpha value is -3.23. The van der Waals surface area contributed by atoms with Crippen LogP contribution in [0.15, 0.2) is 36.2 Å². The van der Waals surface area contributed by atoms with Gasteiger partial charge in [-0.2, -0.15) is 0 Å². The minimum absolute atomic E-state index is 0.0565. The van der Waals surface area contributed by atoms with Crippen LogP contribution < -0.4 is 10.6 Å². The van der Waals surface area contributed by atoms with E-state index in [4.69, 9.17) is 0 Å². The van der Waals surface area contributed by atoms with E-state index in [1.54, 1.807) is 37.3 Å². The Morgan fingerprint density at radius 2 is 1.97 bits per heavy atom. The zero-order chi connectivity index (χ0) is 23.7. The van der Waals surface area contributed by atoms with Crippen LogP contribution in [-0.4, -0.2) is 71.1 Å². The lowest BCUT2D eigenvalue weighted by molar-refractivity contribution is -0.135. The van der Waals surface area contributed by atoms with E-state index in [2.05, 4.69) is 15.6 Å². The maximum atomic E-state index is 13.2. The number of amides is 4. The van der Waals surface area contributed by atoms with Gasteiger partial charge in [-0.25, -0.2) is 0 Å². The third-order valence-electron chi connectivity index (χ3n) is 5.65. The van der Waals surface area contributed by atoms with E-state index in [0.29, 0.717) is 31.5 Å². The second-order valence-electron chi connectivity index (χ2n) is 8.32. The summed E-state index contributed by atoms with van der Waals surface area (Å²) < 4.78 is 0. The van der Waals surface area contributed by atoms with Crippen molar-refractivity contribution in [2.45, 2.75) is 52.2 Å². The molecule has 0 radical (unpaired) electrons. The summed E-state index contributed by atoms with van der Waals surface area (Å²) in [6, 6.07) is 2.83. The molecule has 0 spiro atoms. The van der Waals surface area contributed by atoms with E-state index < -0.39 is 6.04 Å². The molecule has 2 heterocycles. The zero-order valence-electron chi connectivity index (χ0n) is 19.2. The van der Waals surface area contributed by atoms with Gasteiger partial charge in [-0.15, -0.1) is 0 Å². The number of rotatable bonds is 10. The van der Waals surface area contributed by atoms with Crippen molar-refractivity contribution in [2.24, 2.45) is 5.92 Å². The molecule has 0 bridgehead atoms. The van der Waals surface area contributed by atoms with Gasteiger partial charge in [0.05, 0.1) is 12.6 Å². The molecule has 1 unspecified atom stereocenters. The molecule has 1 fully saturated rings. The van der Waals surface area contributed by atoms with Crippen LogP contribution in [0.4, 0.5) is 0 Å². The highest BCUT2D eigenvalue weighted by Gasteiger charge is 2.35. The lowest BCUT2D eigenvalue weighted by atomic mass is 9.99. The summed E-state index contributed by atoms with van der Waals surface area (Å²) in [5.74, 6) is -0.569. The summed E-state index contributed by atoms with van der Waals surface area (Å²) in [5.41, 5.74) is 1.43. The van der Waals surface area contributed by atoms with Crippen LogP contribution in [-0.2, 0) is 25.7 Å². The number of pyridine rings is 1. The topological polar surface area (TPSA) is 112 Å². The van der Waals surface area contributed by atoms with Gasteiger partial charge in [-0.1, -0.05) is 19.9 Å². The Morgan fingerprint density at radius 1 is 1.28 bits per heavy atom. The van der Waals surface area contributed by atoms with E-state index in [1.165, 1.54) is 4.90 Å². The standard InChI is InChI=1S/C23H33N5O4/c1-16(2)20(27(4)21(30)14-25-15-29)12-17(3)23(32)28-11-5-6-19(28)22(31)26-13-18-7-9-24-10-8-18/h7-10,12,15-16,19-20H,5-6,11,13-14H2,1-4H3,(H,25,29)(H,26,31)/b17-12+/t19-,20?/m0/s1. The number of likely N-dealkylation sites (tertiary alicyclic amines) is 1. The first-order valence-corrected chi connectivity index (χ1v) is 10.8. The molecule has 1 aromatic rings. The highest BCUT2D eigenvalue weighted by atomic mass is 16.2. The fourth-order valence-corrected chi connectivity index (χ4v) is 3.82. The molecular weight excluding hydrogens is 410 g/mol. The van der Waals surface area contributed by atoms with Crippen LogP contribution in [0.1, 0.15) is 39.2 Å². The monoisotopic (exact) mass is 443 g/mol. The molecule has 0 aromatic carbocycles. The number of carbonyl (C=O) groups is 4. The fourth-order valence-electron chi connectivity index (χ4n) is 3.82. The molecule has 9 nitrogen and oxygen atoms in total. The third kappa shape index (κ3) is 6.63. The number of carbonyl (C=O) groups excluding carboxylic acids is 4. The highest BCUT2D eigenvalue weighted by Crippen LogP contribution is 2.21. The first-order chi connectivity index (χ1) is 15.3. The number of aromatic nitrogens is 1. The van der Waals surface area contributed by atoms with Gasteiger partial charge in [-0.05, 0) is 43.4 Å². The Labute approximate surface area is 189 Å². The normalized spacial score (nSPS) is 17.1. The summed E-state index contributed by atoms with van der Waals surface area (Å²) in [4.78, 5) is 55.8. The SMILES string of the molecule is C/C(=C\C(C(C)C)N(C)C(=O)CNC=O)C(=O)N1CCC[C@H]1C(=O)NCc1ccncc1. The maximum Gasteiger partial charge on any atom is 0.249 e. The van der Waals surface area contributed by atoms with Gasteiger partial charge < -0.3 is 20.4 Å². The molecular formula is C23H33N5O4. The minimum Gasteiger partial charge on any atom is -0.350 e. The molecule has 1 aliphatic rings. The number of nitrogens with one attached hydrogen (secondary N) is 2. The lowest BCUT2D eigenvalue weighted by Crippen LogP contribution is -2.47. The Kier molecular flexibility index (Phi) is 9.37. The van der Waals surface area contributed by atoms with Crippen molar-refractivity contribution in [3.8, 4) is 0 Å². The van der Waals surface area contributed by atoms with Crippen LogP contribution in [0.2, 0.25) is 0 Å². The summed E-state index contributed by atoms with van der Waals surface area (Å²) in [6.07, 6.45) is 6.97. The quantitative estimate of drug-likeness (QED) is 0.412. The van der Waals surface area contributed by atoms with Crippen molar-refractivity contribution in [1.29, 1.82) is 0 Å². The van der Waals surface area contributed by atoms with E-state index in [1.807, 2.05) is 26.0 Å². The molecule has 9 heteroatoms. The van der Waals surface area contributed by atoms with Gasteiger partial charge in [-0.3, -0.25) is 24.2 Å². The number of hydrogen-bond acceptors (Lipinski definition) is 5. The van der Waals surface area contributed by atoms with Gasteiger partial charge in [0.25, 0.3) is 0 Å².